The maximum Gasteiger partial charge on any atom is 0.573 e. The normalized spacial score (nSPS) is 11.7. The minimum absolute atomic E-state index is 0.00802. The number of rotatable bonds is 8. The highest BCUT2D eigenvalue weighted by Crippen LogP contribution is 2.36. The van der Waals surface area contributed by atoms with Crippen LogP contribution < -0.4 is 13.8 Å². The number of nitrogens with zero attached hydrogens (tertiary/aromatic N) is 1. The Labute approximate surface area is 179 Å². The lowest BCUT2D eigenvalue weighted by Gasteiger charge is -2.25. The highest BCUT2D eigenvalue weighted by molar-refractivity contribution is 9.10. The Bertz CT molecular complexity index is 996. The fourth-order valence-corrected chi connectivity index (χ4v) is 4.37. The molecule has 164 valence electrons. The first-order valence-corrected chi connectivity index (χ1v) is 10.7. The number of carbonyl (C=O) groups excluding carboxylic acids is 1. The van der Waals surface area contributed by atoms with Crippen LogP contribution in [0.2, 0.25) is 0 Å². The van der Waals surface area contributed by atoms with E-state index in [1.165, 1.54) is 32.2 Å². The van der Waals surface area contributed by atoms with Crippen LogP contribution in [0.1, 0.15) is 6.92 Å². The minimum atomic E-state index is -4.89. The summed E-state index contributed by atoms with van der Waals surface area (Å²) in [6.07, 6.45) is -4.89. The number of alkyl halides is 3. The van der Waals surface area contributed by atoms with Gasteiger partial charge in [0.25, 0.3) is 0 Å². The molecule has 12 heteroatoms. The molecule has 0 fully saturated rings. The van der Waals surface area contributed by atoms with E-state index in [4.69, 9.17) is 9.47 Å². The number of sulfonamides is 1. The lowest BCUT2D eigenvalue weighted by Crippen LogP contribution is -2.32. The molecule has 2 aromatic carbocycles. The summed E-state index contributed by atoms with van der Waals surface area (Å²) < 4.78 is 78.0. The molecule has 0 heterocycles. The molecule has 30 heavy (non-hydrogen) atoms. The predicted octanol–water partition coefficient (Wildman–Crippen LogP) is 4.39. The van der Waals surface area contributed by atoms with Crippen molar-refractivity contribution in [2.24, 2.45) is 0 Å². The molecule has 2 rings (SSSR count). The number of ether oxygens (including phenoxy) is 3. The third-order valence-corrected chi connectivity index (χ3v) is 5.76. The number of hydrogen-bond donors (Lipinski definition) is 0. The Morgan fingerprint density at radius 1 is 1.10 bits per heavy atom. The number of benzene rings is 2. The lowest BCUT2D eigenvalue weighted by atomic mass is 10.2. The Hall–Kier alpha value is -2.47. The predicted molar refractivity (Wildman–Crippen MR) is 106 cm³/mol. The zero-order valence-corrected chi connectivity index (χ0v) is 18.2. The summed E-state index contributed by atoms with van der Waals surface area (Å²) in [5.74, 6) is -2.03. The van der Waals surface area contributed by atoms with Gasteiger partial charge in [-0.2, -0.15) is 0 Å². The smallest absolute Gasteiger partial charge is 0.496 e. The zero-order chi connectivity index (χ0) is 22.5. The van der Waals surface area contributed by atoms with Crippen molar-refractivity contribution < 1.29 is 40.6 Å². The van der Waals surface area contributed by atoms with Crippen LogP contribution in [-0.2, 0) is 19.6 Å². The summed E-state index contributed by atoms with van der Waals surface area (Å²) in [4.78, 5) is 11.8. The van der Waals surface area contributed by atoms with Crippen LogP contribution in [0.4, 0.5) is 24.5 Å². The van der Waals surface area contributed by atoms with Gasteiger partial charge in [-0.1, -0.05) is 0 Å². The minimum Gasteiger partial charge on any atom is -0.496 e. The lowest BCUT2D eigenvalue weighted by molar-refractivity contribution is -0.274. The summed E-state index contributed by atoms with van der Waals surface area (Å²) in [5.41, 5.74) is 0.113. The Balaban J connectivity index is 2.51. The largest absolute Gasteiger partial charge is 0.573 e. The van der Waals surface area contributed by atoms with Gasteiger partial charge in [0.1, 0.15) is 11.5 Å². The summed E-state index contributed by atoms with van der Waals surface area (Å²) >= 11 is 3.25. The van der Waals surface area contributed by atoms with Crippen molar-refractivity contribution >= 4 is 43.3 Å². The van der Waals surface area contributed by atoms with Crippen LogP contribution in [0.25, 0.3) is 0 Å². The average Bonchev–Trinajstić information content (AvgIpc) is 2.62. The maximum atomic E-state index is 13.0. The maximum absolute atomic E-state index is 13.0. The molecule has 0 spiro atoms. The van der Waals surface area contributed by atoms with Crippen LogP contribution in [0, 0.1) is 0 Å². The van der Waals surface area contributed by atoms with Gasteiger partial charge < -0.3 is 14.2 Å². The third-order valence-electron chi connectivity index (χ3n) is 3.56. The summed E-state index contributed by atoms with van der Waals surface area (Å²) in [5, 5.41) is 0. The van der Waals surface area contributed by atoms with E-state index in [1.807, 2.05) is 0 Å². The van der Waals surface area contributed by atoms with E-state index < -0.39 is 33.9 Å². The highest BCUT2D eigenvalue weighted by Gasteiger charge is 2.32. The van der Waals surface area contributed by atoms with Crippen molar-refractivity contribution in [1.82, 2.24) is 0 Å². The van der Waals surface area contributed by atoms with Crippen molar-refractivity contribution in [2.45, 2.75) is 13.3 Å². The van der Waals surface area contributed by atoms with Crippen molar-refractivity contribution in [2.75, 3.05) is 23.8 Å². The van der Waals surface area contributed by atoms with Crippen molar-refractivity contribution in [3.05, 3.63) is 46.9 Å². The van der Waals surface area contributed by atoms with Gasteiger partial charge in [-0.05, 0) is 65.3 Å². The Morgan fingerprint density at radius 3 is 2.20 bits per heavy atom. The van der Waals surface area contributed by atoms with Gasteiger partial charge in [-0.15, -0.1) is 13.2 Å². The Morgan fingerprint density at radius 2 is 1.70 bits per heavy atom. The molecular weight excluding hydrogens is 495 g/mol. The molecule has 0 bridgehead atoms. The molecule has 0 amide bonds. The van der Waals surface area contributed by atoms with E-state index in [2.05, 4.69) is 20.7 Å². The number of anilines is 2. The van der Waals surface area contributed by atoms with Crippen molar-refractivity contribution in [3.63, 3.8) is 0 Å². The van der Waals surface area contributed by atoms with Gasteiger partial charge in [0.2, 0.25) is 10.0 Å². The number of esters is 1. The molecule has 0 atom stereocenters. The van der Waals surface area contributed by atoms with Gasteiger partial charge in [-0.25, -0.2) is 12.7 Å². The molecule has 0 radical (unpaired) electrons. The van der Waals surface area contributed by atoms with Gasteiger partial charge >= 0.3 is 12.3 Å². The molecule has 0 saturated carbocycles. The quantitative estimate of drug-likeness (QED) is 0.489. The van der Waals surface area contributed by atoms with E-state index in [0.717, 1.165) is 28.6 Å². The second-order valence-electron chi connectivity index (χ2n) is 5.69. The summed E-state index contributed by atoms with van der Waals surface area (Å²) in [6.45, 7) is 1.52. The first kappa shape index (κ1) is 23.8. The zero-order valence-electron chi connectivity index (χ0n) is 15.8. The van der Waals surface area contributed by atoms with E-state index in [1.54, 1.807) is 0 Å². The van der Waals surface area contributed by atoms with Gasteiger partial charge in [0.15, 0.2) is 5.75 Å². The van der Waals surface area contributed by atoms with E-state index in [-0.39, 0.29) is 18.0 Å². The van der Waals surface area contributed by atoms with Crippen LogP contribution >= 0.6 is 15.9 Å². The SMILES string of the molecule is CCOC(=O)CS(=O)(=O)N(c1ccc(OC(F)(F)F)cc1)c1ccc(OC)c(Br)c1. The van der Waals surface area contributed by atoms with Crippen LogP contribution in [0.5, 0.6) is 11.5 Å². The second-order valence-corrected chi connectivity index (χ2v) is 8.36. The Kier molecular flexibility index (Phi) is 7.59. The molecule has 0 N–H and O–H groups in total. The van der Waals surface area contributed by atoms with Gasteiger partial charge in [0.05, 0.1) is 29.6 Å². The van der Waals surface area contributed by atoms with E-state index >= 15 is 0 Å². The molecule has 0 aliphatic carbocycles. The first-order valence-electron chi connectivity index (χ1n) is 8.35. The molecule has 7 nitrogen and oxygen atoms in total. The molecular formula is C18H17BrF3NO6S. The second kappa shape index (κ2) is 9.56. The monoisotopic (exact) mass is 511 g/mol. The van der Waals surface area contributed by atoms with Crippen molar-refractivity contribution in [1.29, 1.82) is 0 Å². The number of hydrogen-bond acceptors (Lipinski definition) is 6. The van der Waals surface area contributed by atoms with Crippen LogP contribution in [0.15, 0.2) is 46.9 Å². The van der Waals surface area contributed by atoms with Gasteiger partial charge in [0, 0.05) is 0 Å². The molecule has 0 aliphatic heterocycles. The summed E-state index contributed by atoms with van der Waals surface area (Å²) in [7, 11) is -2.88. The van der Waals surface area contributed by atoms with Crippen LogP contribution in [-0.4, -0.2) is 40.2 Å². The third kappa shape index (κ3) is 6.26. The highest BCUT2D eigenvalue weighted by atomic mass is 79.9. The molecule has 0 aromatic heterocycles. The van der Waals surface area contributed by atoms with Crippen molar-refractivity contribution in [3.8, 4) is 11.5 Å². The molecule has 2 aromatic rings. The first-order chi connectivity index (χ1) is 14.0. The number of halogens is 4. The fraction of sp³-hybridized carbons (Fsp3) is 0.278. The summed E-state index contributed by atoms with van der Waals surface area (Å²) in [6, 6.07) is 8.54. The average molecular weight is 512 g/mol. The standard InChI is InChI=1S/C18H17BrF3NO6S/c1-3-28-17(24)11-30(25,26)23(13-6-9-16(27-2)15(19)10-13)12-4-7-14(8-5-12)29-18(20,21)22/h4-10H,3,11H2,1-2H3. The van der Waals surface area contributed by atoms with E-state index in [0.29, 0.717) is 10.2 Å². The number of methoxy groups -OCH3 is 1. The van der Waals surface area contributed by atoms with Crippen LogP contribution in [0.3, 0.4) is 0 Å². The van der Waals surface area contributed by atoms with E-state index in [9.17, 15) is 26.4 Å². The number of carbonyl (C=O) groups is 1. The van der Waals surface area contributed by atoms with Gasteiger partial charge in [-0.3, -0.25) is 4.79 Å². The fourth-order valence-electron chi connectivity index (χ4n) is 2.45. The topological polar surface area (TPSA) is 82.1 Å². The molecule has 0 saturated heterocycles. The molecule has 0 aliphatic rings. The molecule has 0 unspecified atom stereocenters.